The molecule has 0 aliphatic heterocycles. The van der Waals surface area contributed by atoms with Crippen LogP contribution in [0.5, 0.6) is 0 Å². The lowest BCUT2D eigenvalue weighted by Gasteiger charge is -2.28. The summed E-state index contributed by atoms with van der Waals surface area (Å²) in [5, 5.41) is 27.4. The van der Waals surface area contributed by atoms with E-state index in [1.165, 1.54) is 10.9 Å². The van der Waals surface area contributed by atoms with Crippen LogP contribution in [-0.2, 0) is 11.8 Å². The van der Waals surface area contributed by atoms with Crippen LogP contribution in [0.4, 0.5) is 11.5 Å². The van der Waals surface area contributed by atoms with Crippen LogP contribution in [0.1, 0.15) is 19.3 Å². The zero-order valence-electron chi connectivity index (χ0n) is 11.0. The third-order valence-corrected chi connectivity index (χ3v) is 4.51. The number of hydrogen-bond acceptors (Lipinski definition) is 5. The number of nitrogens with zero attached hydrogens (tertiary/aromatic N) is 3. The van der Waals surface area contributed by atoms with Gasteiger partial charge in [0.25, 0.3) is 0 Å². The molecule has 0 radical (unpaired) electrons. The molecule has 4 atom stereocenters. The highest BCUT2D eigenvalue weighted by molar-refractivity contribution is 5.73. The smallest absolute Gasteiger partial charge is 0.330 e. The fourth-order valence-electron chi connectivity index (χ4n) is 3.72. The van der Waals surface area contributed by atoms with E-state index in [9.17, 15) is 20.0 Å². The van der Waals surface area contributed by atoms with E-state index in [0.717, 1.165) is 19.3 Å². The first-order valence-corrected chi connectivity index (χ1v) is 6.64. The number of anilines is 1. The zero-order valence-corrected chi connectivity index (χ0v) is 11.0. The van der Waals surface area contributed by atoms with Crippen LogP contribution in [0.3, 0.4) is 0 Å². The maximum absolute atomic E-state index is 11.4. The van der Waals surface area contributed by atoms with Crippen molar-refractivity contribution in [3.63, 3.8) is 0 Å². The van der Waals surface area contributed by atoms with Gasteiger partial charge in [-0.05, 0) is 31.1 Å². The van der Waals surface area contributed by atoms with E-state index in [4.69, 9.17) is 0 Å². The van der Waals surface area contributed by atoms with Gasteiger partial charge in [0.1, 0.15) is 6.20 Å². The summed E-state index contributed by atoms with van der Waals surface area (Å²) >= 11 is 0. The van der Waals surface area contributed by atoms with Gasteiger partial charge in [-0.3, -0.25) is 19.6 Å². The van der Waals surface area contributed by atoms with Gasteiger partial charge in [0, 0.05) is 13.1 Å². The van der Waals surface area contributed by atoms with Gasteiger partial charge in [0.05, 0.1) is 10.8 Å². The minimum atomic E-state index is -0.826. The lowest BCUT2D eigenvalue weighted by molar-refractivity contribution is -0.384. The average Bonchev–Trinajstić information content (AvgIpc) is 3.02. The molecule has 0 amide bonds. The number of aliphatic carboxylic acids is 1. The van der Waals surface area contributed by atoms with Gasteiger partial charge in [-0.1, -0.05) is 0 Å². The average molecular weight is 280 g/mol. The molecule has 20 heavy (non-hydrogen) atoms. The molecule has 2 N–H and O–H groups in total. The topological polar surface area (TPSA) is 110 Å². The summed E-state index contributed by atoms with van der Waals surface area (Å²) < 4.78 is 1.36. The Hall–Kier alpha value is -2.12. The molecule has 0 aromatic carbocycles. The minimum absolute atomic E-state index is 0.112. The van der Waals surface area contributed by atoms with Crippen molar-refractivity contribution in [3.8, 4) is 0 Å². The molecule has 2 fully saturated rings. The first-order valence-electron chi connectivity index (χ1n) is 6.64. The first-order chi connectivity index (χ1) is 9.47. The number of fused-ring (bicyclic) bond motifs is 2. The van der Waals surface area contributed by atoms with Crippen LogP contribution in [0.15, 0.2) is 6.20 Å². The highest BCUT2D eigenvalue weighted by atomic mass is 16.6. The van der Waals surface area contributed by atoms with E-state index in [1.807, 2.05) is 0 Å². The number of aryl methyl sites for hydroxylation is 1. The van der Waals surface area contributed by atoms with Crippen LogP contribution in [-0.4, -0.2) is 31.8 Å². The molecule has 0 spiro atoms. The second-order valence-electron chi connectivity index (χ2n) is 5.66. The summed E-state index contributed by atoms with van der Waals surface area (Å²) in [7, 11) is 1.60. The number of carboxylic acids is 1. The van der Waals surface area contributed by atoms with Crippen LogP contribution in [0.25, 0.3) is 0 Å². The van der Waals surface area contributed by atoms with Gasteiger partial charge in [0.15, 0.2) is 0 Å². The molecule has 0 saturated heterocycles. The first kappa shape index (κ1) is 12.9. The normalized spacial score (nSPS) is 31.4. The van der Waals surface area contributed by atoms with Gasteiger partial charge < -0.3 is 10.4 Å². The van der Waals surface area contributed by atoms with Crippen molar-refractivity contribution in [2.24, 2.45) is 24.8 Å². The molecule has 8 heteroatoms. The van der Waals surface area contributed by atoms with E-state index in [2.05, 4.69) is 10.4 Å². The van der Waals surface area contributed by atoms with E-state index in [0.29, 0.717) is 0 Å². The Morgan fingerprint density at radius 1 is 1.55 bits per heavy atom. The lowest BCUT2D eigenvalue weighted by atomic mass is 9.84. The van der Waals surface area contributed by atoms with Gasteiger partial charge in [0.2, 0.25) is 5.82 Å². The Morgan fingerprint density at radius 3 is 2.90 bits per heavy atom. The van der Waals surface area contributed by atoms with Gasteiger partial charge >= 0.3 is 11.7 Å². The molecule has 3 rings (SSSR count). The Bertz CT molecular complexity index is 570. The van der Waals surface area contributed by atoms with Crippen LogP contribution >= 0.6 is 0 Å². The van der Waals surface area contributed by atoms with Crippen LogP contribution in [0.2, 0.25) is 0 Å². The van der Waals surface area contributed by atoms with Crippen molar-refractivity contribution in [2.45, 2.75) is 25.3 Å². The molecule has 1 aromatic heterocycles. The minimum Gasteiger partial charge on any atom is -0.481 e. The van der Waals surface area contributed by atoms with Crippen LogP contribution < -0.4 is 5.32 Å². The predicted octanol–water partition coefficient (Wildman–Crippen LogP) is 1.24. The van der Waals surface area contributed by atoms with E-state index < -0.39 is 16.8 Å². The number of nitro groups is 1. The summed E-state index contributed by atoms with van der Waals surface area (Å²) in [5.74, 6) is -0.689. The summed E-state index contributed by atoms with van der Waals surface area (Å²) in [5.41, 5.74) is -0.112. The van der Waals surface area contributed by atoms with E-state index >= 15 is 0 Å². The molecule has 4 unspecified atom stereocenters. The van der Waals surface area contributed by atoms with Crippen molar-refractivity contribution in [2.75, 3.05) is 5.32 Å². The Morgan fingerprint density at radius 2 is 2.25 bits per heavy atom. The fraction of sp³-hybridized carbons (Fsp3) is 0.667. The van der Waals surface area contributed by atoms with Gasteiger partial charge in [-0.25, -0.2) is 0 Å². The molecule has 2 aliphatic carbocycles. The molecule has 2 saturated carbocycles. The molecule has 1 aromatic rings. The quantitative estimate of drug-likeness (QED) is 0.634. The molecule has 8 nitrogen and oxygen atoms in total. The van der Waals surface area contributed by atoms with Crippen LogP contribution in [0, 0.1) is 27.9 Å². The summed E-state index contributed by atoms with van der Waals surface area (Å²) in [6, 6.07) is -0.264. The zero-order chi connectivity index (χ0) is 14.4. The number of aromatic nitrogens is 2. The summed E-state index contributed by atoms with van der Waals surface area (Å²) in [6.45, 7) is 0. The van der Waals surface area contributed by atoms with Crippen molar-refractivity contribution in [1.29, 1.82) is 0 Å². The number of carboxylic acid groups (broad SMARTS) is 1. The predicted molar refractivity (Wildman–Crippen MR) is 69.2 cm³/mol. The lowest BCUT2D eigenvalue weighted by Crippen LogP contribution is -2.39. The highest BCUT2D eigenvalue weighted by Gasteiger charge is 2.51. The number of hydrogen-bond donors (Lipinski definition) is 2. The maximum atomic E-state index is 11.4. The Balaban J connectivity index is 1.87. The molecule has 2 aliphatic rings. The van der Waals surface area contributed by atoms with Gasteiger partial charge in [-0.2, -0.15) is 0 Å². The molecular formula is C12H16N4O4. The summed E-state index contributed by atoms with van der Waals surface area (Å²) in [6.07, 6.45) is 4.12. The third-order valence-electron chi connectivity index (χ3n) is 4.51. The maximum Gasteiger partial charge on any atom is 0.330 e. The number of rotatable bonds is 4. The van der Waals surface area contributed by atoms with Crippen molar-refractivity contribution < 1.29 is 14.8 Å². The molecule has 108 valence electrons. The number of nitrogens with one attached hydrogen (secondary N) is 1. The van der Waals surface area contributed by atoms with Crippen molar-refractivity contribution >= 4 is 17.5 Å². The monoisotopic (exact) mass is 280 g/mol. The molecule has 2 bridgehead atoms. The van der Waals surface area contributed by atoms with Gasteiger partial charge in [-0.15, -0.1) is 5.10 Å². The van der Waals surface area contributed by atoms with Crippen molar-refractivity contribution in [3.05, 3.63) is 16.3 Å². The Kier molecular flexibility index (Phi) is 2.88. The fourth-order valence-corrected chi connectivity index (χ4v) is 3.72. The molecular weight excluding hydrogens is 264 g/mol. The Labute approximate surface area is 114 Å². The second-order valence-corrected chi connectivity index (χ2v) is 5.66. The molecule has 1 heterocycles. The largest absolute Gasteiger partial charge is 0.481 e. The number of carbonyl (C=O) groups is 1. The third kappa shape index (κ3) is 1.91. The van der Waals surface area contributed by atoms with E-state index in [-0.39, 0.29) is 29.4 Å². The van der Waals surface area contributed by atoms with E-state index in [1.54, 1.807) is 7.05 Å². The SMILES string of the molecule is Cn1cc([N+](=O)[O-])c(NC2C3CCC(C3)C2C(=O)O)n1. The van der Waals surface area contributed by atoms with Crippen molar-refractivity contribution in [1.82, 2.24) is 9.78 Å². The summed E-state index contributed by atoms with van der Waals surface area (Å²) in [4.78, 5) is 21.9. The standard InChI is InChI=1S/C12H16N4O4/c1-15-5-8(16(19)20)11(14-15)13-10-7-3-2-6(4-7)9(10)12(17)18/h5-7,9-10H,2-4H2,1H3,(H,13,14)(H,17,18). The second kappa shape index (κ2) is 4.46. The highest BCUT2D eigenvalue weighted by Crippen LogP contribution is 2.49.